The Labute approximate surface area is 171 Å². The van der Waals surface area contributed by atoms with E-state index in [0.717, 1.165) is 5.56 Å². The van der Waals surface area contributed by atoms with Crippen LogP contribution in [0, 0.1) is 0 Å². The molecule has 0 heterocycles. The third-order valence-electron chi connectivity index (χ3n) is 4.85. The van der Waals surface area contributed by atoms with Crippen LogP contribution >= 0.6 is 7.14 Å². The van der Waals surface area contributed by atoms with Gasteiger partial charge in [0.15, 0.2) is 0 Å². The molecule has 0 spiro atoms. The molecule has 3 rings (SSSR count). The van der Waals surface area contributed by atoms with Gasteiger partial charge in [-0.05, 0) is 11.0 Å². The maximum Gasteiger partial charge on any atom is 0.402 e. The van der Waals surface area contributed by atoms with Gasteiger partial charge in [0.05, 0.1) is 0 Å². The second kappa shape index (κ2) is 8.13. The Balaban J connectivity index is 2.13. The Hall–Kier alpha value is -3.06. The van der Waals surface area contributed by atoms with Crippen LogP contribution in [0.15, 0.2) is 84.9 Å². The number of hydrogen-bond acceptors (Lipinski definition) is 2. The van der Waals surface area contributed by atoms with Gasteiger partial charge in [0.1, 0.15) is 0 Å². The van der Waals surface area contributed by atoms with Crippen molar-refractivity contribution in [1.82, 2.24) is 0 Å². The fourth-order valence-electron chi connectivity index (χ4n) is 3.17. The minimum atomic E-state index is -3.65. The van der Waals surface area contributed by atoms with Gasteiger partial charge in [0.25, 0.3) is 12.9 Å². The summed E-state index contributed by atoms with van der Waals surface area (Å²) in [6.45, 7) is 6.26. The van der Waals surface area contributed by atoms with E-state index in [9.17, 15) is 14.9 Å². The van der Waals surface area contributed by atoms with Crippen molar-refractivity contribution in [3.05, 3.63) is 102 Å². The highest BCUT2D eigenvalue weighted by atomic mass is 31.2. The molecule has 5 heteroatoms. The lowest BCUT2D eigenvalue weighted by atomic mass is 9.86. The SMILES string of the molecule is CC(C)(C)c1ccc(C(=O)C(=[N+]=[N-])P(=O)(c2ccccc2)c2ccccc2)cc1. The molecule has 0 aromatic heterocycles. The average molecular weight is 402 g/mol. The van der Waals surface area contributed by atoms with Gasteiger partial charge in [-0.2, -0.15) is 4.79 Å². The van der Waals surface area contributed by atoms with Gasteiger partial charge in [-0.3, -0.25) is 4.79 Å². The Morgan fingerprint density at radius 1 is 0.793 bits per heavy atom. The lowest BCUT2D eigenvalue weighted by Crippen LogP contribution is -2.28. The molecule has 0 aliphatic heterocycles. The number of carbonyl (C=O) groups excluding carboxylic acids is 1. The first-order valence-electron chi connectivity index (χ1n) is 9.37. The summed E-state index contributed by atoms with van der Waals surface area (Å²) in [4.78, 5) is 16.5. The Morgan fingerprint density at radius 2 is 1.24 bits per heavy atom. The summed E-state index contributed by atoms with van der Waals surface area (Å²) in [6, 6.07) is 24.5. The number of ketones is 1. The van der Waals surface area contributed by atoms with Gasteiger partial charge in [-0.1, -0.05) is 106 Å². The Bertz CT molecular complexity index is 1070. The van der Waals surface area contributed by atoms with Crippen LogP contribution in [0.1, 0.15) is 36.7 Å². The van der Waals surface area contributed by atoms with Crippen molar-refractivity contribution in [2.45, 2.75) is 26.2 Å². The molecule has 0 saturated carbocycles. The van der Waals surface area contributed by atoms with Gasteiger partial charge in [0.2, 0.25) is 0 Å². The van der Waals surface area contributed by atoms with Crippen LogP contribution in [0.2, 0.25) is 0 Å². The van der Waals surface area contributed by atoms with E-state index >= 15 is 0 Å². The minimum Gasteiger partial charge on any atom is -0.360 e. The van der Waals surface area contributed by atoms with Crippen molar-refractivity contribution in [3.8, 4) is 0 Å². The zero-order valence-corrected chi connectivity index (χ0v) is 17.6. The van der Waals surface area contributed by atoms with Crippen molar-refractivity contribution >= 4 is 29.0 Å². The number of Topliss-reactive ketones (excluding diaryl/α,β-unsaturated/α-hetero) is 1. The first kappa shape index (κ1) is 20.7. The molecule has 0 aliphatic rings. The molecule has 3 aromatic carbocycles. The highest BCUT2D eigenvalue weighted by Gasteiger charge is 2.45. The summed E-state index contributed by atoms with van der Waals surface area (Å²) in [6.07, 6.45) is 0. The number of rotatable bonds is 5. The molecule has 29 heavy (non-hydrogen) atoms. The monoisotopic (exact) mass is 402 g/mol. The predicted octanol–water partition coefficient (Wildman–Crippen LogP) is 4.81. The molecule has 0 fully saturated rings. The second-order valence-electron chi connectivity index (χ2n) is 7.86. The first-order valence-corrected chi connectivity index (χ1v) is 11.1. The smallest absolute Gasteiger partial charge is 0.360 e. The average Bonchev–Trinajstić information content (AvgIpc) is 2.74. The molecule has 0 N–H and O–H groups in total. The lowest BCUT2D eigenvalue weighted by Gasteiger charge is -2.19. The van der Waals surface area contributed by atoms with Gasteiger partial charge in [-0.25, -0.2) is 0 Å². The minimum absolute atomic E-state index is 0.0567. The summed E-state index contributed by atoms with van der Waals surface area (Å²) < 4.78 is 14.3. The number of carbonyl (C=O) groups is 1. The van der Waals surface area contributed by atoms with E-state index in [4.69, 9.17) is 0 Å². The van der Waals surface area contributed by atoms with Crippen LogP contribution in [0.5, 0.6) is 0 Å². The van der Waals surface area contributed by atoms with E-state index in [0.29, 0.717) is 16.2 Å². The zero-order valence-electron chi connectivity index (χ0n) is 16.7. The van der Waals surface area contributed by atoms with Gasteiger partial charge in [-0.15, -0.1) is 0 Å². The summed E-state index contributed by atoms with van der Waals surface area (Å²) in [5, 5.41) is 0.886. The standard InChI is InChI=1S/C24H23N2O2P/c1-24(2,3)19-16-14-18(15-17-19)22(27)23(26-25)29(28,20-10-6-4-7-11-20)21-12-8-5-9-13-21/h4-17H,1-3H3. The van der Waals surface area contributed by atoms with Crippen LogP contribution in [-0.2, 0) is 9.98 Å². The Morgan fingerprint density at radius 3 is 1.62 bits per heavy atom. The molecule has 0 bridgehead atoms. The van der Waals surface area contributed by atoms with Crippen molar-refractivity contribution in [2.24, 2.45) is 0 Å². The van der Waals surface area contributed by atoms with E-state index in [1.807, 2.05) is 24.3 Å². The van der Waals surface area contributed by atoms with Gasteiger partial charge in [0, 0.05) is 16.2 Å². The molecule has 0 saturated heterocycles. The lowest BCUT2D eigenvalue weighted by molar-refractivity contribution is -0.00156. The largest absolute Gasteiger partial charge is 0.402 e. The van der Waals surface area contributed by atoms with Gasteiger partial charge < -0.3 is 10.1 Å². The topological polar surface area (TPSA) is 70.5 Å². The third-order valence-corrected chi connectivity index (χ3v) is 7.79. The van der Waals surface area contributed by atoms with E-state index in [2.05, 4.69) is 25.6 Å². The fourth-order valence-corrected chi connectivity index (χ4v) is 5.68. The predicted molar refractivity (Wildman–Crippen MR) is 118 cm³/mol. The summed E-state index contributed by atoms with van der Waals surface area (Å²) in [7, 11) is -3.65. The van der Waals surface area contributed by atoms with Crippen LogP contribution in [0.3, 0.4) is 0 Å². The van der Waals surface area contributed by atoms with Crippen LogP contribution in [0.25, 0.3) is 5.53 Å². The highest BCUT2D eigenvalue weighted by molar-refractivity contribution is 7.95. The normalized spacial score (nSPS) is 11.6. The molecule has 0 aliphatic carbocycles. The van der Waals surface area contributed by atoms with Crippen LogP contribution in [0.4, 0.5) is 0 Å². The summed E-state index contributed by atoms with van der Waals surface area (Å²) in [5.41, 5.74) is 10.8. The quantitative estimate of drug-likeness (QED) is 0.202. The molecule has 4 nitrogen and oxygen atoms in total. The zero-order chi connectivity index (χ0) is 21.1. The Kier molecular flexibility index (Phi) is 5.79. The molecular formula is C24H23N2O2P. The second-order valence-corrected chi connectivity index (χ2v) is 10.5. The van der Waals surface area contributed by atoms with E-state index in [-0.39, 0.29) is 10.9 Å². The highest BCUT2D eigenvalue weighted by Crippen LogP contribution is 2.45. The van der Waals surface area contributed by atoms with Crippen LogP contribution in [-0.4, -0.2) is 16.0 Å². The molecule has 0 unspecified atom stereocenters. The van der Waals surface area contributed by atoms with Gasteiger partial charge >= 0.3 is 5.45 Å². The number of benzene rings is 3. The van der Waals surface area contributed by atoms with E-state index in [1.54, 1.807) is 60.7 Å². The molecule has 0 amide bonds. The molecule has 0 atom stereocenters. The molecule has 146 valence electrons. The van der Waals surface area contributed by atoms with E-state index in [1.165, 1.54) is 0 Å². The first-order chi connectivity index (χ1) is 13.8. The molecular weight excluding hydrogens is 379 g/mol. The van der Waals surface area contributed by atoms with Crippen LogP contribution < -0.4 is 10.6 Å². The summed E-state index contributed by atoms with van der Waals surface area (Å²) >= 11 is 0. The summed E-state index contributed by atoms with van der Waals surface area (Å²) in [5.74, 6) is -0.552. The maximum atomic E-state index is 14.3. The van der Waals surface area contributed by atoms with Crippen molar-refractivity contribution in [3.63, 3.8) is 0 Å². The van der Waals surface area contributed by atoms with Crippen molar-refractivity contribution in [1.29, 1.82) is 0 Å². The molecule has 3 aromatic rings. The van der Waals surface area contributed by atoms with E-state index < -0.39 is 12.9 Å². The molecule has 0 radical (unpaired) electrons. The number of hydrogen-bond donors (Lipinski definition) is 0. The third kappa shape index (κ3) is 4.05. The number of nitrogens with zero attached hydrogens (tertiary/aromatic N) is 2. The van der Waals surface area contributed by atoms with Crippen molar-refractivity contribution in [2.75, 3.05) is 0 Å². The fraction of sp³-hybridized carbons (Fsp3) is 0.167. The maximum absolute atomic E-state index is 14.3. The van der Waals surface area contributed by atoms with Crippen molar-refractivity contribution < 1.29 is 14.1 Å².